The molecule has 2 amide bonds. The highest BCUT2D eigenvalue weighted by molar-refractivity contribution is 6.07. The van der Waals surface area contributed by atoms with Crippen LogP contribution < -0.4 is 16.4 Å². The van der Waals surface area contributed by atoms with Crippen molar-refractivity contribution in [1.29, 1.82) is 0 Å². The van der Waals surface area contributed by atoms with Crippen LogP contribution in [0.15, 0.2) is 42.9 Å². The standard InChI is InChI=1S/C20H21N7O2/c1-27-11-16(18(26-27)19(21)28)25-20(29)15-8-13(4-6-22-15)14-5-7-23-17(9-14)24-10-12-2-3-12/h4-9,11-12H,2-3,10H2,1H3,(H2,21,28)(H,23,24)(H,25,29). The Hall–Kier alpha value is -3.75. The molecule has 0 aliphatic heterocycles. The van der Waals surface area contributed by atoms with Crippen molar-refractivity contribution in [1.82, 2.24) is 19.7 Å². The van der Waals surface area contributed by atoms with Crippen molar-refractivity contribution in [3.05, 3.63) is 54.2 Å². The maximum absolute atomic E-state index is 12.6. The van der Waals surface area contributed by atoms with Crippen LogP contribution in [0.2, 0.25) is 0 Å². The van der Waals surface area contributed by atoms with Gasteiger partial charge in [-0.2, -0.15) is 5.10 Å². The number of primary amides is 1. The zero-order valence-electron chi connectivity index (χ0n) is 15.9. The molecule has 29 heavy (non-hydrogen) atoms. The van der Waals surface area contributed by atoms with Crippen LogP contribution in [0.25, 0.3) is 11.1 Å². The van der Waals surface area contributed by atoms with E-state index in [-0.39, 0.29) is 17.1 Å². The van der Waals surface area contributed by atoms with Crippen LogP contribution in [0, 0.1) is 5.92 Å². The Kier molecular flexibility index (Phi) is 4.94. The summed E-state index contributed by atoms with van der Waals surface area (Å²) < 4.78 is 1.41. The Morgan fingerprint density at radius 3 is 2.62 bits per heavy atom. The third kappa shape index (κ3) is 4.40. The average molecular weight is 391 g/mol. The van der Waals surface area contributed by atoms with Gasteiger partial charge in [0.2, 0.25) is 0 Å². The van der Waals surface area contributed by atoms with Gasteiger partial charge in [0.25, 0.3) is 11.8 Å². The molecule has 1 aliphatic rings. The quantitative estimate of drug-likeness (QED) is 0.565. The summed E-state index contributed by atoms with van der Waals surface area (Å²) in [5.41, 5.74) is 7.53. The van der Waals surface area contributed by atoms with Crippen molar-refractivity contribution in [2.75, 3.05) is 17.2 Å². The van der Waals surface area contributed by atoms with Crippen LogP contribution >= 0.6 is 0 Å². The smallest absolute Gasteiger partial charge is 0.274 e. The Labute approximate surface area is 167 Å². The summed E-state index contributed by atoms with van der Waals surface area (Å²) in [6, 6.07) is 7.35. The summed E-state index contributed by atoms with van der Waals surface area (Å²) in [6.07, 6.45) is 7.36. The second-order valence-electron chi connectivity index (χ2n) is 7.07. The second kappa shape index (κ2) is 7.70. The van der Waals surface area contributed by atoms with Crippen LogP contribution in [-0.4, -0.2) is 38.1 Å². The molecule has 0 aromatic carbocycles. The summed E-state index contributed by atoms with van der Waals surface area (Å²) in [5, 5.41) is 9.95. The Morgan fingerprint density at radius 1 is 1.17 bits per heavy atom. The van der Waals surface area contributed by atoms with Gasteiger partial charge in [-0.15, -0.1) is 0 Å². The number of anilines is 2. The Morgan fingerprint density at radius 2 is 1.90 bits per heavy atom. The molecule has 148 valence electrons. The maximum atomic E-state index is 12.6. The first-order valence-corrected chi connectivity index (χ1v) is 9.31. The summed E-state index contributed by atoms with van der Waals surface area (Å²) in [5.74, 6) is 0.377. The van der Waals surface area contributed by atoms with Gasteiger partial charge in [0.15, 0.2) is 5.69 Å². The predicted octanol–water partition coefficient (Wildman–Crippen LogP) is 2.05. The summed E-state index contributed by atoms with van der Waals surface area (Å²) >= 11 is 0. The third-order valence-electron chi connectivity index (χ3n) is 4.67. The third-order valence-corrected chi connectivity index (χ3v) is 4.67. The van der Waals surface area contributed by atoms with E-state index in [4.69, 9.17) is 5.73 Å². The fraction of sp³-hybridized carbons (Fsp3) is 0.250. The molecule has 4 N–H and O–H groups in total. The van der Waals surface area contributed by atoms with E-state index >= 15 is 0 Å². The van der Waals surface area contributed by atoms with E-state index in [1.165, 1.54) is 23.7 Å². The van der Waals surface area contributed by atoms with E-state index in [0.29, 0.717) is 0 Å². The van der Waals surface area contributed by atoms with E-state index in [9.17, 15) is 9.59 Å². The van der Waals surface area contributed by atoms with E-state index in [1.54, 1.807) is 25.5 Å². The minimum atomic E-state index is -0.717. The van der Waals surface area contributed by atoms with Gasteiger partial charge in [0.05, 0.1) is 5.69 Å². The number of hydrogen-bond donors (Lipinski definition) is 3. The highest BCUT2D eigenvalue weighted by Gasteiger charge is 2.21. The molecule has 0 spiro atoms. The normalized spacial score (nSPS) is 13.1. The average Bonchev–Trinajstić information content (AvgIpc) is 3.48. The van der Waals surface area contributed by atoms with Gasteiger partial charge in [-0.3, -0.25) is 19.3 Å². The topological polar surface area (TPSA) is 128 Å². The van der Waals surface area contributed by atoms with Gasteiger partial charge in [0.1, 0.15) is 11.5 Å². The number of nitrogens with zero attached hydrogens (tertiary/aromatic N) is 4. The largest absolute Gasteiger partial charge is 0.370 e. The minimum Gasteiger partial charge on any atom is -0.370 e. The van der Waals surface area contributed by atoms with E-state index in [0.717, 1.165) is 29.4 Å². The van der Waals surface area contributed by atoms with Crippen LogP contribution in [0.4, 0.5) is 11.5 Å². The van der Waals surface area contributed by atoms with Crippen molar-refractivity contribution in [3.8, 4) is 11.1 Å². The Bertz CT molecular complexity index is 1070. The summed E-state index contributed by atoms with van der Waals surface area (Å²) in [7, 11) is 1.64. The molecule has 0 unspecified atom stereocenters. The lowest BCUT2D eigenvalue weighted by Crippen LogP contribution is -2.18. The first-order valence-electron chi connectivity index (χ1n) is 9.31. The minimum absolute atomic E-state index is 0.00230. The van der Waals surface area contributed by atoms with E-state index in [2.05, 4.69) is 25.7 Å². The number of pyridine rings is 2. The molecule has 1 fully saturated rings. The lowest BCUT2D eigenvalue weighted by atomic mass is 10.1. The zero-order valence-corrected chi connectivity index (χ0v) is 15.9. The van der Waals surface area contributed by atoms with E-state index in [1.807, 2.05) is 18.2 Å². The fourth-order valence-corrected chi connectivity index (χ4v) is 2.96. The van der Waals surface area contributed by atoms with Crippen molar-refractivity contribution in [3.63, 3.8) is 0 Å². The molecule has 1 saturated carbocycles. The molecule has 3 heterocycles. The van der Waals surface area contributed by atoms with Crippen molar-refractivity contribution in [2.24, 2.45) is 18.7 Å². The molecule has 3 aromatic rings. The van der Waals surface area contributed by atoms with Crippen molar-refractivity contribution >= 4 is 23.3 Å². The van der Waals surface area contributed by atoms with Crippen molar-refractivity contribution in [2.45, 2.75) is 12.8 Å². The molecular weight excluding hydrogens is 370 g/mol. The van der Waals surface area contributed by atoms with Crippen LogP contribution in [0.5, 0.6) is 0 Å². The number of carbonyl (C=O) groups excluding carboxylic acids is 2. The molecule has 1 aliphatic carbocycles. The van der Waals surface area contributed by atoms with Gasteiger partial charge in [0, 0.05) is 32.2 Å². The predicted molar refractivity (Wildman–Crippen MR) is 108 cm³/mol. The maximum Gasteiger partial charge on any atom is 0.274 e. The molecule has 0 atom stereocenters. The summed E-state index contributed by atoms with van der Waals surface area (Å²) in [4.78, 5) is 32.6. The molecular formula is C20H21N7O2. The van der Waals surface area contributed by atoms with Gasteiger partial charge in [-0.1, -0.05) is 0 Å². The molecule has 3 aromatic heterocycles. The second-order valence-corrected chi connectivity index (χ2v) is 7.07. The SMILES string of the molecule is Cn1cc(NC(=O)c2cc(-c3ccnc(NCC4CC4)c3)ccn2)c(C(N)=O)n1. The molecule has 0 bridgehead atoms. The first kappa shape index (κ1) is 18.6. The van der Waals surface area contributed by atoms with E-state index < -0.39 is 11.8 Å². The number of aromatic nitrogens is 4. The highest BCUT2D eigenvalue weighted by atomic mass is 16.2. The molecule has 4 rings (SSSR count). The number of amides is 2. The molecule has 9 nitrogen and oxygen atoms in total. The molecule has 9 heteroatoms. The number of carbonyl (C=O) groups is 2. The van der Waals surface area contributed by atoms with Gasteiger partial charge < -0.3 is 16.4 Å². The van der Waals surface area contributed by atoms with Crippen LogP contribution in [0.1, 0.15) is 33.8 Å². The lowest BCUT2D eigenvalue weighted by Gasteiger charge is -2.08. The number of nitrogens with one attached hydrogen (secondary N) is 2. The van der Waals surface area contributed by atoms with Gasteiger partial charge in [-0.05, 0) is 54.2 Å². The fourth-order valence-electron chi connectivity index (χ4n) is 2.96. The van der Waals surface area contributed by atoms with Crippen LogP contribution in [0.3, 0.4) is 0 Å². The zero-order chi connectivity index (χ0) is 20.4. The molecule has 0 radical (unpaired) electrons. The lowest BCUT2D eigenvalue weighted by molar-refractivity contribution is 0.0995. The summed E-state index contributed by atoms with van der Waals surface area (Å²) in [6.45, 7) is 0.924. The van der Waals surface area contributed by atoms with Crippen LogP contribution in [-0.2, 0) is 7.05 Å². The number of rotatable bonds is 7. The van der Waals surface area contributed by atoms with Gasteiger partial charge in [-0.25, -0.2) is 4.98 Å². The number of aryl methyl sites for hydroxylation is 1. The van der Waals surface area contributed by atoms with Crippen molar-refractivity contribution < 1.29 is 9.59 Å². The highest BCUT2D eigenvalue weighted by Crippen LogP contribution is 2.29. The van der Waals surface area contributed by atoms with Gasteiger partial charge >= 0.3 is 0 Å². The Balaban J connectivity index is 1.53. The first-order chi connectivity index (χ1) is 14.0. The number of hydrogen-bond acceptors (Lipinski definition) is 6. The molecule has 0 saturated heterocycles. The number of nitrogens with two attached hydrogens (primary N) is 1. The monoisotopic (exact) mass is 391 g/mol.